The Morgan fingerprint density at radius 1 is 1.25 bits per heavy atom. The zero-order valence-corrected chi connectivity index (χ0v) is 12.1. The predicted molar refractivity (Wildman–Crippen MR) is 72.2 cm³/mol. The summed E-state index contributed by atoms with van der Waals surface area (Å²) in [5.41, 5.74) is 5.34. The van der Waals surface area contributed by atoms with Crippen molar-refractivity contribution in [2.24, 2.45) is 17.1 Å². The minimum atomic E-state index is -0.211. The maximum absolute atomic E-state index is 9.82. The van der Waals surface area contributed by atoms with Crippen LogP contribution in [0.2, 0.25) is 0 Å². The Kier molecular flexibility index (Phi) is 10.8. The third kappa shape index (κ3) is 15.9. The Labute approximate surface area is 102 Å². The van der Waals surface area contributed by atoms with Gasteiger partial charge in [-0.1, -0.05) is 54.4 Å². The van der Waals surface area contributed by atoms with Gasteiger partial charge in [-0.3, -0.25) is 4.79 Å². The number of hydrogen-bond acceptors (Lipinski definition) is 1. The van der Waals surface area contributed by atoms with Gasteiger partial charge in [-0.25, -0.2) is 0 Å². The van der Waals surface area contributed by atoms with Gasteiger partial charge in [0.05, 0.1) is 0 Å². The highest BCUT2D eigenvalue weighted by molar-refractivity contribution is 5.73. The van der Waals surface area contributed by atoms with E-state index in [9.17, 15) is 4.79 Å². The van der Waals surface area contributed by atoms with Crippen molar-refractivity contribution in [2.75, 3.05) is 0 Å². The fourth-order valence-electron chi connectivity index (χ4n) is 1.10. The Hall–Kier alpha value is -0.530. The Balaban J connectivity index is 0. The minimum Gasteiger partial charge on any atom is -0.370 e. The number of carbonyl (C=O) groups is 1. The molecule has 0 aromatic heterocycles. The van der Waals surface area contributed by atoms with Crippen molar-refractivity contribution in [3.63, 3.8) is 0 Å². The van der Waals surface area contributed by atoms with Gasteiger partial charge < -0.3 is 5.73 Å². The lowest BCUT2D eigenvalue weighted by atomic mass is 9.83. The molecule has 0 bridgehead atoms. The normalized spacial score (nSPS) is 10.9. The molecule has 0 aliphatic rings. The van der Waals surface area contributed by atoms with Crippen molar-refractivity contribution >= 4 is 5.91 Å². The van der Waals surface area contributed by atoms with Crippen molar-refractivity contribution in [1.29, 1.82) is 0 Å². The molecule has 0 saturated carbocycles. The third-order valence-corrected chi connectivity index (χ3v) is 2.85. The molecule has 0 heterocycles. The lowest BCUT2D eigenvalue weighted by molar-refractivity contribution is -0.118. The summed E-state index contributed by atoms with van der Waals surface area (Å²) in [6, 6.07) is 0. The Bertz CT molecular complexity index is 174. The standard InChI is InChI=1S/C10H22.C4H9NO/c1-6-10(4,5)8-7-9(2)3;1-2-3-4(5)6/h9H,6-8H2,1-5H3;2-3H2,1H3,(H2,5,6). The number of nitrogens with two attached hydrogens (primary N) is 1. The molecule has 2 nitrogen and oxygen atoms in total. The van der Waals surface area contributed by atoms with Crippen LogP contribution < -0.4 is 5.73 Å². The first-order valence-corrected chi connectivity index (χ1v) is 6.53. The van der Waals surface area contributed by atoms with Crippen LogP contribution in [0.3, 0.4) is 0 Å². The zero-order chi connectivity index (χ0) is 13.2. The van der Waals surface area contributed by atoms with Gasteiger partial charge in [-0.2, -0.15) is 0 Å². The molecule has 0 unspecified atom stereocenters. The SMILES string of the molecule is CCC(C)(C)CCC(C)C.CCCC(N)=O. The highest BCUT2D eigenvalue weighted by Gasteiger charge is 2.14. The number of carbonyl (C=O) groups excluding carboxylic acids is 1. The van der Waals surface area contributed by atoms with Gasteiger partial charge in [0.15, 0.2) is 0 Å². The van der Waals surface area contributed by atoms with Crippen LogP contribution in [0.5, 0.6) is 0 Å². The molecule has 16 heavy (non-hydrogen) atoms. The third-order valence-electron chi connectivity index (χ3n) is 2.85. The Morgan fingerprint density at radius 2 is 1.75 bits per heavy atom. The quantitative estimate of drug-likeness (QED) is 0.731. The van der Waals surface area contributed by atoms with Crippen molar-refractivity contribution in [3.05, 3.63) is 0 Å². The second-order valence-electron chi connectivity index (χ2n) is 5.67. The van der Waals surface area contributed by atoms with Gasteiger partial charge in [-0.15, -0.1) is 0 Å². The van der Waals surface area contributed by atoms with Gasteiger partial charge in [-0.05, 0) is 24.2 Å². The molecule has 0 atom stereocenters. The summed E-state index contributed by atoms with van der Waals surface area (Å²) in [4.78, 5) is 9.82. The lowest BCUT2D eigenvalue weighted by Gasteiger charge is -2.23. The molecule has 0 aliphatic carbocycles. The largest absolute Gasteiger partial charge is 0.370 e. The summed E-state index contributed by atoms with van der Waals surface area (Å²) in [6.45, 7) is 13.5. The second kappa shape index (κ2) is 9.68. The zero-order valence-electron chi connectivity index (χ0n) is 12.1. The molecule has 0 aromatic carbocycles. The first-order valence-electron chi connectivity index (χ1n) is 6.53. The van der Waals surface area contributed by atoms with Gasteiger partial charge in [0.1, 0.15) is 0 Å². The monoisotopic (exact) mass is 229 g/mol. The van der Waals surface area contributed by atoms with Crippen LogP contribution in [0.1, 0.15) is 73.6 Å². The van der Waals surface area contributed by atoms with E-state index in [1.807, 2.05) is 6.92 Å². The van der Waals surface area contributed by atoms with E-state index in [4.69, 9.17) is 5.73 Å². The van der Waals surface area contributed by atoms with E-state index in [2.05, 4.69) is 34.6 Å². The van der Waals surface area contributed by atoms with Crippen LogP contribution in [-0.4, -0.2) is 5.91 Å². The maximum Gasteiger partial charge on any atom is 0.217 e. The average Bonchev–Trinajstić information content (AvgIpc) is 2.16. The second-order valence-corrected chi connectivity index (χ2v) is 5.67. The molecule has 0 rings (SSSR count). The van der Waals surface area contributed by atoms with Crippen LogP contribution in [-0.2, 0) is 4.79 Å². The van der Waals surface area contributed by atoms with Crippen LogP contribution in [0, 0.1) is 11.3 Å². The van der Waals surface area contributed by atoms with Crippen LogP contribution in [0.15, 0.2) is 0 Å². The van der Waals surface area contributed by atoms with E-state index >= 15 is 0 Å². The van der Waals surface area contributed by atoms with Gasteiger partial charge in [0.25, 0.3) is 0 Å². The smallest absolute Gasteiger partial charge is 0.217 e. The van der Waals surface area contributed by atoms with Crippen LogP contribution >= 0.6 is 0 Å². The van der Waals surface area contributed by atoms with Gasteiger partial charge >= 0.3 is 0 Å². The first-order chi connectivity index (χ1) is 7.25. The molecule has 98 valence electrons. The van der Waals surface area contributed by atoms with Gasteiger partial charge in [0, 0.05) is 6.42 Å². The topological polar surface area (TPSA) is 43.1 Å². The summed E-state index contributed by atoms with van der Waals surface area (Å²) in [5, 5.41) is 0. The van der Waals surface area contributed by atoms with Crippen molar-refractivity contribution in [2.45, 2.75) is 73.6 Å². The lowest BCUT2D eigenvalue weighted by Crippen LogP contribution is -2.10. The molecule has 2 N–H and O–H groups in total. The summed E-state index contributed by atoms with van der Waals surface area (Å²) < 4.78 is 0. The Morgan fingerprint density at radius 3 is 1.94 bits per heavy atom. The predicted octanol–water partition coefficient (Wildman–Crippen LogP) is 4.13. The number of amides is 1. The number of rotatable bonds is 6. The molecule has 0 radical (unpaired) electrons. The number of hydrogen-bond donors (Lipinski definition) is 1. The van der Waals surface area contributed by atoms with Crippen LogP contribution in [0.25, 0.3) is 0 Å². The summed E-state index contributed by atoms with van der Waals surface area (Å²) in [7, 11) is 0. The average molecular weight is 229 g/mol. The molecule has 0 saturated heterocycles. The molecule has 0 aliphatic heterocycles. The van der Waals surface area contributed by atoms with Crippen molar-refractivity contribution in [1.82, 2.24) is 0 Å². The fraction of sp³-hybridized carbons (Fsp3) is 0.929. The summed E-state index contributed by atoms with van der Waals surface area (Å²) in [6.07, 6.45) is 5.43. The highest BCUT2D eigenvalue weighted by Crippen LogP contribution is 2.27. The van der Waals surface area contributed by atoms with E-state index in [1.165, 1.54) is 19.3 Å². The van der Waals surface area contributed by atoms with E-state index in [0.29, 0.717) is 11.8 Å². The highest BCUT2D eigenvalue weighted by atomic mass is 16.1. The first kappa shape index (κ1) is 17.9. The fourth-order valence-corrected chi connectivity index (χ4v) is 1.10. The summed E-state index contributed by atoms with van der Waals surface area (Å²) in [5.74, 6) is 0.656. The molecular formula is C14H31NO. The van der Waals surface area contributed by atoms with E-state index in [-0.39, 0.29) is 5.91 Å². The van der Waals surface area contributed by atoms with E-state index in [0.717, 1.165) is 12.3 Å². The molecular weight excluding hydrogens is 198 g/mol. The molecule has 1 amide bonds. The van der Waals surface area contributed by atoms with E-state index < -0.39 is 0 Å². The van der Waals surface area contributed by atoms with Crippen molar-refractivity contribution in [3.8, 4) is 0 Å². The molecule has 0 spiro atoms. The van der Waals surface area contributed by atoms with E-state index in [1.54, 1.807) is 0 Å². The minimum absolute atomic E-state index is 0.211. The van der Waals surface area contributed by atoms with Crippen LogP contribution in [0.4, 0.5) is 0 Å². The summed E-state index contributed by atoms with van der Waals surface area (Å²) >= 11 is 0. The van der Waals surface area contributed by atoms with Crippen molar-refractivity contribution < 1.29 is 4.79 Å². The molecule has 0 aromatic rings. The number of primary amides is 1. The molecule has 2 heteroatoms. The molecule has 0 fully saturated rings. The maximum atomic E-state index is 9.82. The van der Waals surface area contributed by atoms with Gasteiger partial charge in [0.2, 0.25) is 5.91 Å².